The van der Waals surface area contributed by atoms with Crippen LogP contribution in [0.2, 0.25) is 0 Å². The van der Waals surface area contributed by atoms with Gasteiger partial charge in [0.1, 0.15) is 5.82 Å². The maximum Gasteiger partial charge on any atom is 0.128 e. The number of aryl methyl sites for hydroxylation is 1. The Morgan fingerprint density at radius 2 is 2.10 bits per heavy atom. The minimum atomic E-state index is 0.685. The van der Waals surface area contributed by atoms with Gasteiger partial charge in [0, 0.05) is 18.1 Å². The van der Waals surface area contributed by atoms with Crippen molar-refractivity contribution in [2.45, 2.75) is 6.54 Å². The van der Waals surface area contributed by atoms with Gasteiger partial charge in [-0.15, -0.1) is 0 Å². The van der Waals surface area contributed by atoms with Crippen molar-refractivity contribution < 1.29 is 0 Å². The molecule has 21 heavy (non-hydrogen) atoms. The lowest BCUT2D eigenvalue weighted by Crippen LogP contribution is -2.05. The van der Waals surface area contributed by atoms with Gasteiger partial charge in [-0.3, -0.25) is 5.10 Å². The standard InChI is InChI=1S/C16H15N5/c1-21-15-5-3-2-4-13(15)19-16(21)10-17-12-7-6-11-9-18-20-14(11)8-12/h2-9,17H,10H2,1H3,(H,18,20). The highest BCUT2D eigenvalue weighted by atomic mass is 15.1. The van der Waals surface area contributed by atoms with Gasteiger partial charge in [0.05, 0.1) is 29.3 Å². The molecule has 0 amide bonds. The van der Waals surface area contributed by atoms with Crippen molar-refractivity contribution in [2.24, 2.45) is 7.05 Å². The predicted molar refractivity (Wildman–Crippen MR) is 84.1 cm³/mol. The summed E-state index contributed by atoms with van der Waals surface area (Å²) in [6, 6.07) is 14.3. The molecule has 0 saturated carbocycles. The molecule has 0 fully saturated rings. The van der Waals surface area contributed by atoms with Crippen LogP contribution in [0.1, 0.15) is 5.82 Å². The fourth-order valence-corrected chi connectivity index (χ4v) is 2.58. The molecule has 0 spiro atoms. The van der Waals surface area contributed by atoms with E-state index in [0.717, 1.165) is 33.4 Å². The van der Waals surface area contributed by atoms with Gasteiger partial charge in [-0.25, -0.2) is 4.98 Å². The fraction of sp³-hybridized carbons (Fsp3) is 0.125. The molecule has 0 radical (unpaired) electrons. The Balaban J connectivity index is 1.61. The molecule has 2 aromatic carbocycles. The molecule has 5 nitrogen and oxygen atoms in total. The van der Waals surface area contributed by atoms with E-state index in [1.807, 2.05) is 31.4 Å². The zero-order chi connectivity index (χ0) is 14.2. The van der Waals surface area contributed by atoms with Crippen LogP contribution in [0.3, 0.4) is 0 Å². The van der Waals surface area contributed by atoms with Crippen molar-refractivity contribution in [1.29, 1.82) is 0 Å². The first-order valence-corrected chi connectivity index (χ1v) is 6.88. The molecule has 0 bridgehead atoms. The van der Waals surface area contributed by atoms with Crippen LogP contribution in [0.4, 0.5) is 5.69 Å². The van der Waals surface area contributed by atoms with Crippen molar-refractivity contribution in [3.8, 4) is 0 Å². The third-order valence-electron chi connectivity index (χ3n) is 3.77. The van der Waals surface area contributed by atoms with E-state index in [-0.39, 0.29) is 0 Å². The maximum atomic E-state index is 4.66. The average Bonchev–Trinajstić information content (AvgIpc) is 3.10. The summed E-state index contributed by atoms with van der Waals surface area (Å²) < 4.78 is 2.12. The van der Waals surface area contributed by atoms with Crippen molar-refractivity contribution in [3.05, 3.63) is 54.5 Å². The van der Waals surface area contributed by atoms with E-state index in [1.165, 1.54) is 0 Å². The number of anilines is 1. The Kier molecular flexibility index (Phi) is 2.64. The molecule has 0 unspecified atom stereocenters. The minimum absolute atomic E-state index is 0.685. The predicted octanol–water partition coefficient (Wildman–Crippen LogP) is 3.06. The second-order valence-corrected chi connectivity index (χ2v) is 5.10. The number of H-pyrrole nitrogens is 1. The van der Waals surface area contributed by atoms with Gasteiger partial charge >= 0.3 is 0 Å². The van der Waals surface area contributed by atoms with Crippen molar-refractivity contribution in [3.63, 3.8) is 0 Å². The minimum Gasteiger partial charge on any atom is -0.378 e. The lowest BCUT2D eigenvalue weighted by molar-refractivity contribution is 0.835. The molecule has 0 saturated heterocycles. The molecule has 2 heterocycles. The molecule has 5 heteroatoms. The molecule has 0 atom stereocenters. The van der Waals surface area contributed by atoms with E-state index in [9.17, 15) is 0 Å². The zero-order valence-electron chi connectivity index (χ0n) is 11.7. The average molecular weight is 277 g/mol. The molecular formula is C16H15N5. The summed E-state index contributed by atoms with van der Waals surface area (Å²) in [4.78, 5) is 4.66. The van der Waals surface area contributed by atoms with Crippen LogP contribution in [0.25, 0.3) is 21.9 Å². The number of hydrogen-bond acceptors (Lipinski definition) is 3. The Morgan fingerprint density at radius 1 is 1.19 bits per heavy atom. The van der Waals surface area contributed by atoms with Crippen molar-refractivity contribution in [2.75, 3.05) is 5.32 Å². The molecule has 0 aliphatic carbocycles. The van der Waals surface area contributed by atoms with Gasteiger partial charge < -0.3 is 9.88 Å². The van der Waals surface area contributed by atoms with Gasteiger partial charge in [0.15, 0.2) is 0 Å². The highest BCUT2D eigenvalue weighted by Gasteiger charge is 2.06. The van der Waals surface area contributed by atoms with Crippen molar-refractivity contribution >= 4 is 27.6 Å². The summed E-state index contributed by atoms with van der Waals surface area (Å²) in [7, 11) is 2.05. The van der Waals surface area contributed by atoms with E-state index in [4.69, 9.17) is 0 Å². The number of rotatable bonds is 3. The first-order chi connectivity index (χ1) is 10.3. The Bertz CT molecular complexity index is 919. The molecule has 4 rings (SSSR count). The van der Waals surface area contributed by atoms with Crippen LogP contribution >= 0.6 is 0 Å². The topological polar surface area (TPSA) is 58.5 Å². The van der Waals surface area contributed by atoms with Gasteiger partial charge in [0.25, 0.3) is 0 Å². The van der Waals surface area contributed by atoms with Crippen LogP contribution in [0.5, 0.6) is 0 Å². The maximum absolute atomic E-state index is 4.66. The summed E-state index contributed by atoms with van der Waals surface area (Å²) in [6.07, 6.45) is 1.82. The summed E-state index contributed by atoms with van der Waals surface area (Å²) in [6.45, 7) is 0.685. The number of aromatic amines is 1. The number of nitrogens with zero attached hydrogens (tertiary/aromatic N) is 3. The monoisotopic (exact) mass is 277 g/mol. The number of imidazole rings is 1. The lowest BCUT2D eigenvalue weighted by atomic mass is 10.2. The molecule has 2 N–H and O–H groups in total. The van der Waals surface area contributed by atoms with Gasteiger partial charge in [0.2, 0.25) is 0 Å². The van der Waals surface area contributed by atoms with Crippen LogP contribution in [-0.4, -0.2) is 19.7 Å². The number of nitrogens with one attached hydrogen (secondary N) is 2. The third kappa shape index (κ3) is 2.03. The summed E-state index contributed by atoms with van der Waals surface area (Å²) in [5.74, 6) is 1.01. The molecule has 0 aliphatic rings. The molecule has 4 aromatic rings. The molecule has 0 aliphatic heterocycles. The number of fused-ring (bicyclic) bond motifs is 2. The van der Waals surface area contributed by atoms with Crippen LogP contribution < -0.4 is 5.32 Å². The lowest BCUT2D eigenvalue weighted by Gasteiger charge is -2.06. The summed E-state index contributed by atoms with van der Waals surface area (Å²) in [5, 5.41) is 11.5. The normalized spacial score (nSPS) is 11.3. The van der Waals surface area contributed by atoms with E-state index >= 15 is 0 Å². The van der Waals surface area contributed by atoms with Gasteiger partial charge in [-0.05, 0) is 30.3 Å². The number of para-hydroxylation sites is 2. The number of aromatic nitrogens is 4. The fourth-order valence-electron chi connectivity index (χ4n) is 2.58. The number of hydrogen-bond donors (Lipinski definition) is 2. The third-order valence-corrected chi connectivity index (χ3v) is 3.77. The summed E-state index contributed by atoms with van der Waals surface area (Å²) in [5.41, 5.74) is 4.27. The second-order valence-electron chi connectivity index (χ2n) is 5.10. The second kappa shape index (κ2) is 4.63. The van der Waals surface area contributed by atoms with Gasteiger partial charge in [-0.1, -0.05) is 12.1 Å². The molecular weight excluding hydrogens is 262 g/mol. The smallest absolute Gasteiger partial charge is 0.128 e. The Morgan fingerprint density at radius 3 is 3.00 bits per heavy atom. The van der Waals surface area contributed by atoms with Crippen molar-refractivity contribution in [1.82, 2.24) is 19.7 Å². The summed E-state index contributed by atoms with van der Waals surface area (Å²) >= 11 is 0. The first-order valence-electron chi connectivity index (χ1n) is 6.88. The molecule has 2 aromatic heterocycles. The van der Waals surface area contributed by atoms with E-state index in [1.54, 1.807) is 0 Å². The van der Waals surface area contributed by atoms with E-state index in [2.05, 4.69) is 49.3 Å². The number of benzene rings is 2. The van der Waals surface area contributed by atoms with Gasteiger partial charge in [-0.2, -0.15) is 5.10 Å². The highest BCUT2D eigenvalue weighted by molar-refractivity contribution is 5.81. The van der Waals surface area contributed by atoms with E-state index in [0.29, 0.717) is 6.54 Å². The molecule has 104 valence electrons. The highest BCUT2D eigenvalue weighted by Crippen LogP contribution is 2.18. The quantitative estimate of drug-likeness (QED) is 0.605. The zero-order valence-corrected chi connectivity index (χ0v) is 11.7. The Hall–Kier alpha value is -2.82. The van der Waals surface area contributed by atoms with Crippen LogP contribution in [-0.2, 0) is 13.6 Å². The van der Waals surface area contributed by atoms with E-state index < -0.39 is 0 Å². The SMILES string of the molecule is Cn1c(CNc2ccc3cn[nH]c3c2)nc2ccccc21. The first kappa shape index (κ1) is 12.0. The Labute approximate surface area is 121 Å². The largest absolute Gasteiger partial charge is 0.378 e. The van der Waals surface area contributed by atoms with Crippen LogP contribution in [0.15, 0.2) is 48.7 Å². The van der Waals surface area contributed by atoms with Crippen LogP contribution in [0, 0.1) is 0 Å².